The molecule has 6 nitrogen and oxygen atoms in total. The van der Waals surface area contributed by atoms with Crippen LogP contribution in [0.4, 0.5) is 11.4 Å². The molecule has 0 spiro atoms. The van der Waals surface area contributed by atoms with Crippen LogP contribution in [0.25, 0.3) is 5.57 Å². The van der Waals surface area contributed by atoms with Crippen LogP contribution in [0.3, 0.4) is 0 Å². The number of hydrogen-bond acceptors (Lipinski definition) is 5. The number of hydrogen-bond donors (Lipinski definition) is 1. The van der Waals surface area contributed by atoms with Crippen LogP contribution in [0.1, 0.15) is 22.3 Å². The number of nitrogens with one attached hydrogen (secondary N) is 1. The Morgan fingerprint density at radius 3 is 2.31 bits per heavy atom. The quantitative estimate of drug-likeness (QED) is 0.608. The largest absolute Gasteiger partial charge is 0.496 e. The van der Waals surface area contributed by atoms with E-state index in [1.165, 1.54) is 7.11 Å². The Morgan fingerprint density at radius 2 is 1.62 bits per heavy atom. The van der Waals surface area contributed by atoms with Gasteiger partial charge in [0.1, 0.15) is 11.4 Å². The molecule has 0 bridgehead atoms. The van der Waals surface area contributed by atoms with Crippen LogP contribution in [0.15, 0.2) is 72.4 Å². The van der Waals surface area contributed by atoms with E-state index in [1.807, 2.05) is 38.1 Å². The molecule has 6 heteroatoms. The van der Waals surface area contributed by atoms with Crippen molar-refractivity contribution in [2.45, 2.75) is 13.8 Å². The van der Waals surface area contributed by atoms with Gasteiger partial charge in [-0.1, -0.05) is 30.3 Å². The fourth-order valence-electron chi connectivity index (χ4n) is 3.69. The molecule has 4 rings (SSSR count). The van der Waals surface area contributed by atoms with Crippen LogP contribution < -0.4 is 15.0 Å². The number of ether oxygens (including phenoxy) is 1. The Hall–Kier alpha value is -4.37. The highest BCUT2D eigenvalue weighted by Crippen LogP contribution is 2.37. The van der Waals surface area contributed by atoms with E-state index in [9.17, 15) is 9.59 Å². The molecule has 1 aliphatic rings. The first kappa shape index (κ1) is 20.9. The van der Waals surface area contributed by atoms with Crippen LogP contribution in [0.2, 0.25) is 0 Å². The van der Waals surface area contributed by atoms with Crippen molar-refractivity contribution >= 4 is 28.8 Å². The lowest BCUT2D eigenvalue weighted by Gasteiger charge is -2.16. The molecule has 0 atom stereocenters. The third kappa shape index (κ3) is 3.50. The molecule has 0 radical (unpaired) electrons. The predicted molar refractivity (Wildman–Crippen MR) is 123 cm³/mol. The van der Waals surface area contributed by atoms with Crippen molar-refractivity contribution in [1.29, 1.82) is 5.26 Å². The number of methoxy groups -OCH3 is 1. The predicted octanol–water partition coefficient (Wildman–Crippen LogP) is 4.58. The summed E-state index contributed by atoms with van der Waals surface area (Å²) < 4.78 is 5.47. The summed E-state index contributed by atoms with van der Waals surface area (Å²) >= 11 is 0. The Kier molecular flexibility index (Phi) is 5.48. The Labute approximate surface area is 186 Å². The minimum Gasteiger partial charge on any atom is -0.496 e. The van der Waals surface area contributed by atoms with Crippen molar-refractivity contribution in [3.63, 3.8) is 0 Å². The molecule has 0 saturated carbocycles. The van der Waals surface area contributed by atoms with Gasteiger partial charge in [-0.05, 0) is 61.4 Å². The van der Waals surface area contributed by atoms with Crippen LogP contribution in [-0.4, -0.2) is 18.9 Å². The normalized spacial score (nSPS) is 13.4. The van der Waals surface area contributed by atoms with E-state index in [0.717, 1.165) is 21.7 Å². The number of imide groups is 1. The van der Waals surface area contributed by atoms with Crippen molar-refractivity contribution in [3.05, 3.63) is 94.7 Å². The van der Waals surface area contributed by atoms with Crippen molar-refractivity contribution in [1.82, 2.24) is 0 Å². The zero-order chi connectivity index (χ0) is 22.8. The molecule has 0 aromatic heterocycles. The highest BCUT2D eigenvalue weighted by Gasteiger charge is 2.41. The zero-order valence-corrected chi connectivity index (χ0v) is 18.0. The minimum atomic E-state index is -0.471. The lowest BCUT2D eigenvalue weighted by molar-refractivity contribution is -0.120. The number of carbonyl (C=O) groups is 2. The summed E-state index contributed by atoms with van der Waals surface area (Å²) in [5.74, 6) is -0.441. The first-order chi connectivity index (χ1) is 15.5. The number of nitrogens with zero attached hydrogens (tertiary/aromatic N) is 2. The van der Waals surface area contributed by atoms with Gasteiger partial charge in [0.15, 0.2) is 0 Å². The van der Waals surface area contributed by atoms with Gasteiger partial charge in [-0.15, -0.1) is 0 Å². The first-order valence-corrected chi connectivity index (χ1v) is 10.1. The molecule has 0 fully saturated rings. The van der Waals surface area contributed by atoms with Gasteiger partial charge in [0.25, 0.3) is 11.8 Å². The number of benzene rings is 3. The summed E-state index contributed by atoms with van der Waals surface area (Å²) in [6, 6.07) is 21.2. The summed E-state index contributed by atoms with van der Waals surface area (Å²) in [5.41, 5.74) is 4.57. The summed E-state index contributed by atoms with van der Waals surface area (Å²) in [6.45, 7) is 3.95. The van der Waals surface area contributed by atoms with Crippen LogP contribution >= 0.6 is 0 Å². The summed E-state index contributed by atoms with van der Waals surface area (Å²) in [6.07, 6.45) is 0. The molecule has 0 aliphatic carbocycles. The Balaban J connectivity index is 1.87. The lowest BCUT2D eigenvalue weighted by atomic mass is 10.0. The molecular weight excluding hydrogens is 402 g/mol. The lowest BCUT2D eigenvalue weighted by Crippen LogP contribution is -2.32. The van der Waals surface area contributed by atoms with Gasteiger partial charge >= 0.3 is 0 Å². The number of anilines is 2. The zero-order valence-electron chi connectivity index (χ0n) is 18.0. The number of aryl methyl sites for hydroxylation is 1. The third-order valence-corrected chi connectivity index (χ3v) is 5.58. The third-order valence-electron chi connectivity index (χ3n) is 5.58. The fourth-order valence-corrected chi connectivity index (χ4v) is 3.69. The van der Waals surface area contributed by atoms with Crippen molar-refractivity contribution in [2.24, 2.45) is 0 Å². The standard InChI is InChI=1S/C26H21N3O3/c1-16-7-6-9-21(17(16)2)28-24-23(20-8-4-5-10-22(20)32-3)25(30)29(26(24)31)19-13-11-18(15-27)12-14-19/h4-14,28H,1-3H3. The summed E-state index contributed by atoms with van der Waals surface area (Å²) in [4.78, 5) is 28.2. The molecule has 158 valence electrons. The van der Waals surface area contributed by atoms with Gasteiger partial charge in [0.05, 0.1) is 30.0 Å². The number of rotatable bonds is 5. The fraction of sp³-hybridized carbons (Fsp3) is 0.115. The van der Waals surface area contributed by atoms with E-state index in [0.29, 0.717) is 22.6 Å². The van der Waals surface area contributed by atoms with Crippen LogP contribution in [-0.2, 0) is 9.59 Å². The summed E-state index contributed by atoms with van der Waals surface area (Å²) in [7, 11) is 1.52. The monoisotopic (exact) mass is 423 g/mol. The molecule has 1 heterocycles. The molecule has 0 unspecified atom stereocenters. The highest BCUT2D eigenvalue weighted by molar-refractivity contribution is 6.46. The Morgan fingerprint density at radius 1 is 0.906 bits per heavy atom. The van der Waals surface area contributed by atoms with E-state index >= 15 is 0 Å². The maximum atomic E-state index is 13.6. The van der Waals surface area contributed by atoms with Gasteiger partial charge in [-0.3, -0.25) is 9.59 Å². The van der Waals surface area contributed by atoms with Gasteiger partial charge in [0.2, 0.25) is 0 Å². The van der Waals surface area contributed by atoms with Crippen molar-refractivity contribution < 1.29 is 14.3 Å². The van der Waals surface area contributed by atoms with Crippen LogP contribution in [0.5, 0.6) is 5.75 Å². The van der Waals surface area contributed by atoms with Crippen LogP contribution in [0, 0.1) is 25.2 Å². The maximum absolute atomic E-state index is 13.6. The molecule has 1 aliphatic heterocycles. The smallest absolute Gasteiger partial charge is 0.282 e. The van der Waals surface area contributed by atoms with Gasteiger partial charge in [-0.25, -0.2) is 4.90 Å². The topological polar surface area (TPSA) is 82.4 Å². The molecule has 3 aromatic carbocycles. The molecule has 0 saturated heterocycles. The van der Waals surface area contributed by atoms with Crippen molar-refractivity contribution in [2.75, 3.05) is 17.3 Å². The first-order valence-electron chi connectivity index (χ1n) is 10.1. The van der Waals surface area contributed by atoms with Gasteiger partial charge in [-0.2, -0.15) is 5.26 Å². The molecule has 3 aromatic rings. The Bertz CT molecular complexity index is 1300. The van der Waals surface area contributed by atoms with E-state index < -0.39 is 11.8 Å². The average Bonchev–Trinajstić information content (AvgIpc) is 3.06. The highest BCUT2D eigenvalue weighted by atomic mass is 16.5. The maximum Gasteiger partial charge on any atom is 0.282 e. The molecule has 2 amide bonds. The molecule has 1 N–H and O–H groups in total. The van der Waals surface area contributed by atoms with Gasteiger partial charge < -0.3 is 10.1 Å². The number of amides is 2. The van der Waals surface area contributed by atoms with E-state index in [-0.39, 0.29) is 11.3 Å². The van der Waals surface area contributed by atoms with Crippen molar-refractivity contribution in [3.8, 4) is 11.8 Å². The number of carbonyl (C=O) groups excluding carboxylic acids is 2. The second-order valence-electron chi connectivity index (χ2n) is 7.43. The number of nitriles is 1. The minimum absolute atomic E-state index is 0.178. The van der Waals surface area contributed by atoms with E-state index in [1.54, 1.807) is 48.5 Å². The second-order valence-corrected chi connectivity index (χ2v) is 7.43. The SMILES string of the molecule is COc1ccccc1C1=C(Nc2cccc(C)c2C)C(=O)N(c2ccc(C#N)cc2)C1=O. The summed E-state index contributed by atoms with van der Waals surface area (Å²) in [5, 5.41) is 12.3. The van der Waals surface area contributed by atoms with E-state index in [2.05, 4.69) is 5.32 Å². The van der Waals surface area contributed by atoms with E-state index in [4.69, 9.17) is 10.00 Å². The second kappa shape index (κ2) is 8.40. The number of para-hydroxylation sites is 1. The molecule has 32 heavy (non-hydrogen) atoms. The van der Waals surface area contributed by atoms with Gasteiger partial charge in [0, 0.05) is 11.3 Å². The molecular formula is C26H21N3O3. The average molecular weight is 423 g/mol.